The highest BCUT2D eigenvalue weighted by Gasteiger charge is 2.31. The van der Waals surface area contributed by atoms with Crippen molar-refractivity contribution in [3.63, 3.8) is 0 Å². The average Bonchev–Trinajstić information content (AvgIpc) is 2.16. The lowest BCUT2D eigenvalue weighted by Crippen LogP contribution is -2.43. The van der Waals surface area contributed by atoms with Crippen LogP contribution < -0.4 is 0 Å². The molecule has 1 atom stereocenters. The summed E-state index contributed by atoms with van der Waals surface area (Å²) in [5, 5.41) is 0. The molecular formula is C11H23NO3. The standard InChI is InChI=1S/C11H23NO3/c1-9(7-14-5)12(4)8-11(2,3)10(13)15-6/h9H,7-8H2,1-6H3. The van der Waals surface area contributed by atoms with Crippen molar-refractivity contribution >= 4 is 5.97 Å². The minimum atomic E-state index is -0.481. The lowest BCUT2D eigenvalue weighted by Gasteiger charge is -2.31. The number of esters is 1. The summed E-state index contributed by atoms with van der Waals surface area (Å²) in [5.74, 6) is -0.182. The Morgan fingerprint density at radius 1 is 1.40 bits per heavy atom. The van der Waals surface area contributed by atoms with E-state index >= 15 is 0 Å². The van der Waals surface area contributed by atoms with E-state index in [9.17, 15) is 4.79 Å². The largest absolute Gasteiger partial charge is 0.469 e. The lowest BCUT2D eigenvalue weighted by molar-refractivity contribution is -0.152. The average molecular weight is 217 g/mol. The third kappa shape index (κ3) is 4.62. The minimum absolute atomic E-state index is 0.182. The summed E-state index contributed by atoms with van der Waals surface area (Å²) >= 11 is 0. The highest BCUT2D eigenvalue weighted by atomic mass is 16.5. The van der Waals surface area contributed by atoms with Gasteiger partial charge in [0.2, 0.25) is 0 Å². The molecule has 90 valence electrons. The fourth-order valence-corrected chi connectivity index (χ4v) is 1.49. The van der Waals surface area contributed by atoms with Gasteiger partial charge in [-0.1, -0.05) is 0 Å². The summed E-state index contributed by atoms with van der Waals surface area (Å²) in [6.07, 6.45) is 0. The normalized spacial score (nSPS) is 14.1. The van der Waals surface area contributed by atoms with Gasteiger partial charge in [0.1, 0.15) is 0 Å². The number of carbonyl (C=O) groups excluding carboxylic acids is 1. The quantitative estimate of drug-likeness (QED) is 0.626. The van der Waals surface area contributed by atoms with Crippen LogP contribution in [0.5, 0.6) is 0 Å². The fourth-order valence-electron chi connectivity index (χ4n) is 1.49. The van der Waals surface area contributed by atoms with Crippen LogP contribution >= 0.6 is 0 Å². The molecule has 0 spiro atoms. The maximum absolute atomic E-state index is 11.5. The smallest absolute Gasteiger partial charge is 0.312 e. The molecule has 4 nitrogen and oxygen atoms in total. The van der Waals surface area contributed by atoms with Crippen molar-refractivity contribution in [3.8, 4) is 0 Å². The van der Waals surface area contributed by atoms with Crippen LogP contribution in [0, 0.1) is 5.41 Å². The molecule has 0 saturated carbocycles. The highest BCUT2D eigenvalue weighted by molar-refractivity contribution is 5.76. The number of rotatable bonds is 6. The van der Waals surface area contributed by atoms with Gasteiger partial charge in [0.05, 0.1) is 19.1 Å². The first-order chi connectivity index (χ1) is 6.85. The Morgan fingerprint density at radius 3 is 2.33 bits per heavy atom. The van der Waals surface area contributed by atoms with Crippen molar-refractivity contribution in [2.24, 2.45) is 5.41 Å². The predicted molar refractivity (Wildman–Crippen MR) is 59.8 cm³/mol. The van der Waals surface area contributed by atoms with Gasteiger partial charge in [-0.15, -0.1) is 0 Å². The summed E-state index contributed by atoms with van der Waals surface area (Å²) in [6.45, 7) is 7.15. The Morgan fingerprint density at radius 2 is 1.93 bits per heavy atom. The molecule has 0 aromatic carbocycles. The Hall–Kier alpha value is -0.610. The number of ether oxygens (including phenoxy) is 2. The zero-order valence-corrected chi connectivity index (χ0v) is 10.7. The predicted octanol–water partition coefficient (Wildman–Crippen LogP) is 1.15. The minimum Gasteiger partial charge on any atom is -0.469 e. The molecule has 15 heavy (non-hydrogen) atoms. The molecule has 0 N–H and O–H groups in total. The van der Waals surface area contributed by atoms with Gasteiger partial charge in [0, 0.05) is 19.7 Å². The maximum Gasteiger partial charge on any atom is 0.312 e. The van der Waals surface area contributed by atoms with Gasteiger partial charge in [0.25, 0.3) is 0 Å². The van der Waals surface area contributed by atoms with Crippen LogP contribution in [0.3, 0.4) is 0 Å². The molecule has 0 fully saturated rings. The first kappa shape index (κ1) is 14.4. The van der Waals surface area contributed by atoms with Crippen molar-refractivity contribution in [3.05, 3.63) is 0 Å². The second-order valence-electron chi connectivity index (χ2n) is 4.59. The van der Waals surface area contributed by atoms with E-state index in [-0.39, 0.29) is 5.97 Å². The fraction of sp³-hybridized carbons (Fsp3) is 0.909. The molecule has 0 aliphatic carbocycles. The Balaban J connectivity index is 4.26. The van der Waals surface area contributed by atoms with E-state index in [1.165, 1.54) is 7.11 Å². The molecule has 0 rings (SSSR count). The van der Waals surface area contributed by atoms with E-state index in [4.69, 9.17) is 9.47 Å². The SMILES string of the molecule is COCC(C)N(C)CC(C)(C)C(=O)OC. The summed E-state index contributed by atoms with van der Waals surface area (Å²) in [4.78, 5) is 13.6. The first-order valence-corrected chi connectivity index (χ1v) is 5.12. The van der Waals surface area contributed by atoms with Gasteiger partial charge < -0.3 is 14.4 Å². The third-order valence-electron chi connectivity index (χ3n) is 2.54. The molecule has 0 radical (unpaired) electrons. The number of carbonyl (C=O) groups is 1. The van der Waals surface area contributed by atoms with Gasteiger partial charge in [-0.05, 0) is 27.8 Å². The Kier molecular flexibility index (Phi) is 5.83. The molecule has 0 aromatic heterocycles. The number of likely N-dealkylation sites (N-methyl/N-ethyl adjacent to an activating group) is 1. The number of hydrogen-bond donors (Lipinski definition) is 0. The Labute approximate surface area is 92.5 Å². The van der Waals surface area contributed by atoms with E-state index < -0.39 is 5.41 Å². The molecule has 0 aliphatic rings. The second kappa shape index (κ2) is 6.08. The van der Waals surface area contributed by atoms with Crippen LogP contribution in [-0.2, 0) is 14.3 Å². The van der Waals surface area contributed by atoms with E-state index in [2.05, 4.69) is 11.8 Å². The molecule has 1 unspecified atom stereocenters. The second-order valence-corrected chi connectivity index (χ2v) is 4.59. The van der Waals surface area contributed by atoms with E-state index in [1.54, 1.807) is 7.11 Å². The van der Waals surface area contributed by atoms with E-state index in [0.717, 1.165) is 0 Å². The van der Waals surface area contributed by atoms with Crippen molar-refractivity contribution in [1.82, 2.24) is 4.90 Å². The highest BCUT2D eigenvalue weighted by Crippen LogP contribution is 2.19. The van der Waals surface area contributed by atoms with Crippen LogP contribution in [0.15, 0.2) is 0 Å². The van der Waals surface area contributed by atoms with Gasteiger partial charge in [-0.3, -0.25) is 4.79 Å². The molecule has 0 saturated heterocycles. The van der Waals surface area contributed by atoms with Crippen molar-refractivity contribution in [2.75, 3.05) is 34.4 Å². The van der Waals surface area contributed by atoms with Crippen LogP contribution in [0.1, 0.15) is 20.8 Å². The van der Waals surface area contributed by atoms with Gasteiger partial charge in [-0.2, -0.15) is 0 Å². The number of nitrogens with zero attached hydrogens (tertiary/aromatic N) is 1. The summed E-state index contributed by atoms with van der Waals surface area (Å²) in [7, 11) is 5.08. The summed E-state index contributed by atoms with van der Waals surface area (Å²) in [5.41, 5.74) is -0.481. The van der Waals surface area contributed by atoms with Crippen molar-refractivity contribution in [2.45, 2.75) is 26.8 Å². The Bertz CT molecular complexity index is 204. The lowest BCUT2D eigenvalue weighted by atomic mass is 9.92. The van der Waals surface area contributed by atoms with Crippen molar-refractivity contribution < 1.29 is 14.3 Å². The molecular weight excluding hydrogens is 194 g/mol. The molecule has 0 heterocycles. The van der Waals surface area contributed by atoms with E-state index in [1.807, 2.05) is 20.9 Å². The topological polar surface area (TPSA) is 38.8 Å². The molecule has 0 amide bonds. The summed E-state index contributed by atoms with van der Waals surface area (Å²) < 4.78 is 9.83. The molecule has 0 aromatic rings. The summed E-state index contributed by atoms with van der Waals surface area (Å²) in [6, 6.07) is 0.291. The zero-order valence-electron chi connectivity index (χ0n) is 10.7. The van der Waals surface area contributed by atoms with Crippen molar-refractivity contribution in [1.29, 1.82) is 0 Å². The number of methoxy groups -OCH3 is 2. The molecule has 0 aliphatic heterocycles. The van der Waals surface area contributed by atoms with Gasteiger partial charge in [-0.25, -0.2) is 0 Å². The van der Waals surface area contributed by atoms with Crippen LogP contribution in [0.2, 0.25) is 0 Å². The van der Waals surface area contributed by atoms with Crippen LogP contribution in [-0.4, -0.2) is 51.3 Å². The molecule has 4 heteroatoms. The van der Waals surface area contributed by atoms with Crippen LogP contribution in [0.4, 0.5) is 0 Å². The molecule has 0 bridgehead atoms. The van der Waals surface area contributed by atoms with E-state index in [0.29, 0.717) is 19.2 Å². The maximum atomic E-state index is 11.5. The monoisotopic (exact) mass is 217 g/mol. The van der Waals surface area contributed by atoms with Gasteiger partial charge in [0.15, 0.2) is 0 Å². The zero-order chi connectivity index (χ0) is 12.1. The first-order valence-electron chi connectivity index (χ1n) is 5.12. The third-order valence-corrected chi connectivity index (χ3v) is 2.54. The van der Waals surface area contributed by atoms with Gasteiger partial charge >= 0.3 is 5.97 Å². The number of hydrogen-bond acceptors (Lipinski definition) is 4. The van der Waals surface area contributed by atoms with Crippen LogP contribution in [0.25, 0.3) is 0 Å².